The number of piperidine rings is 1. The molecule has 0 saturated carbocycles. The van der Waals surface area contributed by atoms with Crippen molar-refractivity contribution in [1.29, 1.82) is 0 Å². The number of nitrogens with zero attached hydrogens (tertiary/aromatic N) is 3. The molecule has 1 aromatic heterocycles. The summed E-state index contributed by atoms with van der Waals surface area (Å²) in [6, 6.07) is 21.3. The fourth-order valence-corrected chi connectivity index (χ4v) is 8.54. The van der Waals surface area contributed by atoms with Crippen LogP contribution in [0.1, 0.15) is 62.3 Å². The first-order chi connectivity index (χ1) is 22.9. The smallest absolute Gasteiger partial charge is 0.234 e. The predicted molar refractivity (Wildman–Crippen MR) is 183 cm³/mol. The van der Waals surface area contributed by atoms with Gasteiger partial charge in [0.15, 0.2) is 0 Å². The maximum absolute atomic E-state index is 14.1. The van der Waals surface area contributed by atoms with Gasteiger partial charge in [0.25, 0.3) is 0 Å². The molecule has 2 aromatic carbocycles. The Balaban J connectivity index is 1.06. The third-order valence-electron chi connectivity index (χ3n) is 10.6. The van der Waals surface area contributed by atoms with Gasteiger partial charge in [-0.25, -0.2) is 0 Å². The molecule has 0 bridgehead atoms. The van der Waals surface area contributed by atoms with E-state index in [4.69, 9.17) is 16.3 Å². The molecule has 244 valence electrons. The van der Waals surface area contributed by atoms with Gasteiger partial charge in [-0.15, -0.1) is 0 Å². The zero-order valence-corrected chi connectivity index (χ0v) is 27.6. The Morgan fingerprint density at radius 3 is 2.53 bits per heavy atom. The molecule has 3 saturated heterocycles. The van der Waals surface area contributed by atoms with E-state index >= 15 is 0 Å². The lowest BCUT2D eigenvalue weighted by Gasteiger charge is -2.36. The summed E-state index contributed by atoms with van der Waals surface area (Å²) in [6.07, 6.45) is 8.26. The van der Waals surface area contributed by atoms with E-state index in [1.54, 1.807) is 23.2 Å². The molecule has 2 amide bonds. The number of fused-ring (bicyclic) bond motifs is 3. The second-order valence-corrected chi connectivity index (χ2v) is 13.8. The van der Waals surface area contributed by atoms with Crippen molar-refractivity contribution in [2.45, 2.75) is 64.1 Å². The summed E-state index contributed by atoms with van der Waals surface area (Å²) >= 11 is 6.48. The minimum Gasteiger partial charge on any atom is -0.508 e. The summed E-state index contributed by atoms with van der Waals surface area (Å²) in [5, 5.41) is 10.3. The average Bonchev–Trinajstić information content (AvgIpc) is 3.62. The SMILES string of the molecule is CCC1=C2[C@@H](CC/C(=C/c3ccc(O)cc3Cl)c3ccccn3)OC[C@@H]2[C@@H]2C(=O)N(C3CCN(Cc4ccccc4)CC3)C(=O)[C@@H]2C1. The van der Waals surface area contributed by atoms with Crippen LogP contribution in [-0.2, 0) is 20.9 Å². The third kappa shape index (κ3) is 6.41. The average molecular weight is 652 g/mol. The van der Waals surface area contributed by atoms with Gasteiger partial charge in [-0.2, -0.15) is 0 Å². The Labute approximate surface area is 281 Å². The molecular formula is C39H42ClN3O4. The Hall–Kier alpha value is -3.78. The lowest BCUT2D eigenvalue weighted by molar-refractivity contribution is -0.144. The topological polar surface area (TPSA) is 83.0 Å². The number of hydrogen-bond donors (Lipinski definition) is 1. The first-order valence-corrected chi connectivity index (χ1v) is 17.4. The molecule has 0 radical (unpaired) electrons. The number of rotatable bonds is 9. The Morgan fingerprint density at radius 2 is 1.81 bits per heavy atom. The maximum atomic E-state index is 14.1. The van der Waals surface area contributed by atoms with Gasteiger partial charge in [-0.3, -0.25) is 24.4 Å². The van der Waals surface area contributed by atoms with E-state index in [2.05, 4.69) is 41.1 Å². The first-order valence-electron chi connectivity index (χ1n) is 17.0. The number of allylic oxidation sites excluding steroid dienone is 2. The number of ether oxygens (including phenoxy) is 1. The molecule has 47 heavy (non-hydrogen) atoms. The van der Waals surface area contributed by atoms with Crippen molar-refractivity contribution in [3.8, 4) is 5.75 Å². The number of halogens is 1. The number of imide groups is 1. The van der Waals surface area contributed by atoms with E-state index in [1.807, 2.05) is 36.4 Å². The lowest BCUT2D eigenvalue weighted by Crippen LogP contribution is -2.47. The highest BCUT2D eigenvalue weighted by atomic mass is 35.5. The molecule has 4 heterocycles. The minimum absolute atomic E-state index is 0.0134. The van der Waals surface area contributed by atoms with Crippen LogP contribution in [0, 0.1) is 17.8 Å². The highest BCUT2D eigenvalue weighted by molar-refractivity contribution is 6.32. The summed E-state index contributed by atoms with van der Waals surface area (Å²) in [5.74, 6) is -0.500. The molecular weight excluding hydrogens is 610 g/mol. The lowest BCUT2D eigenvalue weighted by atomic mass is 9.69. The van der Waals surface area contributed by atoms with Crippen molar-refractivity contribution < 1.29 is 19.4 Å². The number of likely N-dealkylation sites (tertiary alicyclic amines) is 2. The van der Waals surface area contributed by atoms with E-state index in [-0.39, 0.29) is 47.5 Å². The van der Waals surface area contributed by atoms with Crippen LogP contribution in [0.2, 0.25) is 5.02 Å². The maximum Gasteiger partial charge on any atom is 0.234 e. The summed E-state index contributed by atoms with van der Waals surface area (Å²) in [5.41, 5.74) is 6.52. The number of hydrogen-bond acceptors (Lipinski definition) is 6. The van der Waals surface area contributed by atoms with Gasteiger partial charge in [-0.05, 0) is 97.2 Å². The van der Waals surface area contributed by atoms with Gasteiger partial charge < -0.3 is 9.84 Å². The third-order valence-corrected chi connectivity index (χ3v) is 11.0. The van der Waals surface area contributed by atoms with Gasteiger partial charge in [-0.1, -0.05) is 60.5 Å². The van der Waals surface area contributed by atoms with E-state index < -0.39 is 0 Å². The van der Waals surface area contributed by atoms with Crippen LogP contribution < -0.4 is 0 Å². The number of carbonyl (C=O) groups is 2. The van der Waals surface area contributed by atoms with Crippen LogP contribution in [0.3, 0.4) is 0 Å². The fraction of sp³-hybridized carbons (Fsp3) is 0.410. The molecule has 1 aliphatic carbocycles. The summed E-state index contributed by atoms with van der Waals surface area (Å²) in [6.45, 7) is 5.29. The quantitative estimate of drug-likeness (QED) is 0.195. The zero-order valence-electron chi connectivity index (χ0n) is 26.9. The van der Waals surface area contributed by atoms with Gasteiger partial charge in [0, 0.05) is 37.8 Å². The highest BCUT2D eigenvalue weighted by Crippen LogP contribution is 2.51. The van der Waals surface area contributed by atoms with Crippen molar-refractivity contribution in [3.05, 3.63) is 106 Å². The Bertz CT molecular complexity index is 1680. The molecule has 8 heteroatoms. The number of aromatic hydroxyl groups is 1. The van der Waals surface area contributed by atoms with Crippen LogP contribution in [0.15, 0.2) is 84.1 Å². The molecule has 4 atom stereocenters. The van der Waals surface area contributed by atoms with Crippen LogP contribution in [-0.4, -0.2) is 63.5 Å². The predicted octanol–water partition coefficient (Wildman–Crippen LogP) is 7.15. The summed E-state index contributed by atoms with van der Waals surface area (Å²) < 4.78 is 6.50. The van der Waals surface area contributed by atoms with Crippen LogP contribution >= 0.6 is 11.6 Å². The normalized spacial score (nSPS) is 25.4. The van der Waals surface area contributed by atoms with Gasteiger partial charge in [0.05, 0.1) is 35.3 Å². The minimum atomic E-state index is -0.332. The standard InChI is InChI=1S/C39H42ClN3O4/c1-2-26-21-31-37(39(46)43(38(31)45)29-15-18-42(19-16-29)23-25-8-4-3-5-9-25)32-24-47-35(36(26)32)14-12-28(34-10-6-7-17-41-34)20-27-11-13-30(44)22-33(27)40/h3-11,13,17,20,22,29,31-32,35,37,44H,2,12,14-16,18-19,21,23-24H2,1H3/b28-20-/t31-,32+,35-,37-/m1/s1. The number of pyridine rings is 1. The van der Waals surface area contributed by atoms with Crippen molar-refractivity contribution in [2.75, 3.05) is 19.7 Å². The van der Waals surface area contributed by atoms with E-state index in [9.17, 15) is 14.7 Å². The second-order valence-electron chi connectivity index (χ2n) is 13.3. The molecule has 1 N–H and O–H groups in total. The van der Waals surface area contributed by atoms with E-state index in [1.165, 1.54) is 16.7 Å². The van der Waals surface area contributed by atoms with Gasteiger partial charge >= 0.3 is 0 Å². The largest absolute Gasteiger partial charge is 0.508 e. The van der Waals surface area contributed by atoms with E-state index in [0.29, 0.717) is 24.5 Å². The molecule has 4 aliphatic rings. The Morgan fingerprint density at radius 1 is 1.02 bits per heavy atom. The number of aromatic nitrogens is 1. The Kier molecular flexibility index (Phi) is 9.31. The molecule has 0 spiro atoms. The second kappa shape index (κ2) is 13.8. The van der Waals surface area contributed by atoms with Crippen molar-refractivity contribution in [2.24, 2.45) is 17.8 Å². The van der Waals surface area contributed by atoms with Crippen LogP contribution in [0.4, 0.5) is 0 Å². The molecule has 3 fully saturated rings. The van der Waals surface area contributed by atoms with Crippen LogP contribution in [0.25, 0.3) is 11.6 Å². The van der Waals surface area contributed by atoms with Gasteiger partial charge in [0.1, 0.15) is 5.75 Å². The highest BCUT2D eigenvalue weighted by Gasteiger charge is 2.58. The van der Waals surface area contributed by atoms with Crippen molar-refractivity contribution >= 4 is 35.1 Å². The van der Waals surface area contributed by atoms with Gasteiger partial charge in [0.2, 0.25) is 11.8 Å². The number of phenolic OH excluding ortho intramolecular Hbond substituents is 1. The number of carbonyl (C=O) groups excluding carboxylic acids is 2. The molecule has 3 aliphatic heterocycles. The monoisotopic (exact) mass is 651 g/mol. The molecule has 7 rings (SSSR count). The molecule has 0 unspecified atom stereocenters. The van der Waals surface area contributed by atoms with Crippen molar-refractivity contribution in [1.82, 2.24) is 14.8 Å². The molecule has 7 nitrogen and oxygen atoms in total. The number of amides is 2. The van der Waals surface area contributed by atoms with Crippen molar-refractivity contribution in [3.63, 3.8) is 0 Å². The van der Waals surface area contributed by atoms with E-state index in [0.717, 1.165) is 62.1 Å². The molecule has 3 aromatic rings. The first kappa shape index (κ1) is 31.8. The fourth-order valence-electron chi connectivity index (χ4n) is 8.31. The summed E-state index contributed by atoms with van der Waals surface area (Å²) in [7, 11) is 0. The van der Waals surface area contributed by atoms with Crippen LogP contribution in [0.5, 0.6) is 5.75 Å². The number of benzene rings is 2. The number of phenols is 1. The summed E-state index contributed by atoms with van der Waals surface area (Å²) in [4.78, 5) is 36.8. The zero-order chi connectivity index (χ0) is 32.5.